The molecule has 10 nitrogen and oxygen atoms in total. The normalized spacial score (nSPS) is 31.9. The van der Waals surface area contributed by atoms with Gasteiger partial charge in [0.15, 0.2) is 23.6 Å². The van der Waals surface area contributed by atoms with Gasteiger partial charge in [-0.15, -0.1) is 0 Å². The van der Waals surface area contributed by atoms with Crippen molar-refractivity contribution in [1.82, 2.24) is 19.5 Å². The highest BCUT2D eigenvalue weighted by Crippen LogP contribution is 2.39. The number of nitrogen functional groups attached to an aromatic ring is 1. The summed E-state index contributed by atoms with van der Waals surface area (Å²) in [6, 6.07) is 0. The summed E-state index contributed by atoms with van der Waals surface area (Å²) in [6.07, 6.45) is -3.72. The smallest absolute Gasteiger partial charge is 0.280 e. The van der Waals surface area contributed by atoms with Crippen LogP contribution in [0.4, 0.5) is 10.3 Å². The number of aliphatic hydroxyl groups is 2. The molecule has 0 saturated carbocycles. The topological polar surface area (TPSA) is 165 Å². The van der Waals surface area contributed by atoms with Gasteiger partial charge in [0.25, 0.3) is 5.56 Å². The summed E-state index contributed by atoms with van der Waals surface area (Å²) < 4.78 is 21.0. The molecule has 0 spiro atoms. The van der Waals surface area contributed by atoms with Crippen LogP contribution in [0.15, 0.2) is 11.1 Å². The summed E-state index contributed by atoms with van der Waals surface area (Å²) in [7, 11) is 0. The number of anilines is 1. The monoisotopic (exact) mass is 314 g/mol. The highest BCUT2D eigenvalue weighted by molar-refractivity contribution is 5.70. The minimum atomic E-state index is -1.89. The van der Waals surface area contributed by atoms with Gasteiger partial charge in [-0.2, -0.15) is 4.98 Å². The molecular weight excluding hydrogens is 299 g/mol. The van der Waals surface area contributed by atoms with Gasteiger partial charge in [-0.1, -0.05) is 0 Å². The van der Waals surface area contributed by atoms with E-state index in [0.717, 1.165) is 10.9 Å². The van der Waals surface area contributed by atoms with Gasteiger partial charge in [-0.05, 0) is 0 Å². The molecule has 11 heteroatoms. The van der Waals surface area contributed by atoms with E-state index in [1.165, 1.54) is 0 Å². The quantitative estimate of drug-likeness (QED) is 0.419. The molecule has 2 aromatic rings. The molecule has 3 rings (SSSR count). The molecule has 1 aliphatic heterocycles. The van der Waals surface area contributed by atoms with Crippen molar-refractivity contribution in [1.29, 1.82) is 0 Å². The van der Waals surface area contributed by atoms with Gasteiger partial charge in [-0.3, -0.25) is 14.3 Å². The first-order valence-corrected chi connectivity index (χ1v) is 6.46. The largest absolute Gasteiger partial charge is 0.393 e. The number of alkyl halides is 1. The number of ether oxygens (including phenoxy) is 1. The van der Waals surface area contributed by atoms with E-state index in [4.69, 9.17) is 16.2 Å². The van der Waals surface area contributed by atoms with Crippen molar-refractivity contribution >= 4 is 17.1 Å². The summed E-state index contributed by atoms with van der Waals surface area (Å²) in [6.45, 7) is -0.950. The number of rotatable bonds is 3. The SMILES string of the molecule is NC[C@]1(CO)OC(n2cnc3c(=O)[nH]c(N)nc32)[C@H](F)[C@@H]1O. The van der Waals surface area contributed by atoms with Gasteiger partial charge in [0.1, 0.15) is 11.7 Å². The minimum Gasteiger partial charge on any atom is -0.393 e. The lowest BCUT2D eigenvalue weighted by Crippen LogP contribution is -2.51. The number of nitrogens with zero attached hydrogens (tertiary/aromatic N) is 3. The Balaban J connectivity index is 2.11. The highest BCUT2D eigenvalue weighted by Gasteiger charge is 2.55. The predicted molar refractivity (Wildman–Crippen MR) is 72.5 cm³/mol. The van der Waals surface area contributed by atoms with Crippen molar-refractivity contribution in [2.45, 2.75) is 24.1 Å². The predicted octanol–water partition coefficient (Wildman–Crippen LogP) is -2.38. The molecule has 0 aliphatic carbocycles. The summed E-state index contributed by atoms with van der Waals surface area (Å²) in [5.41, 5.74) is 8.69. The Kier molecular flexibility index (Phi) is 3.36. The molecule has 1 saturated heterocycles. The van der Waals surface area contributed by atoms with Crippen LogP contribution >= 0.6 is 0 Å². The molecule has 0 bridgehead atoms. The van der Waals surface area contributed by atoms with E-state index < -0.39 is 36.3 Å². The van der Waals surface area contributed by atoms with E-state index in [1.807, 2.05) is 0 Å². The Labute approximate surface area is 122 Å². The van der Waals surface area contributed by atoms with Gasteiger partial charge in [0.05, 0.1) is 12.9 Å². The molecule has 1 aliphatic rings. The number of H-pyrrole nitrogens is 1. The zero-order chi connectivity index (χ0) is 16.1. The van der Waals surface area contributed by atoms with Gasteiger partial charge < -0.3 is 26.4 Å². The van der Waals surface area contributed by atoms with Crippen molar-refractivity contribution in [3.8, 4) is 0 Å². The zero-order valence-corrected chi connectivity index (χ0v) is 11.3. The molecule has 22 heavy (non-hydrogen) atoms. The number of halogens is 1. The van der Waals surface area contributed by atoms with E-state index in [0.29, 0.717) is 0 Å². The number of hydrogen-bond donors (Lipinski definition) is 5. The summed E-state index contributed by atoms with van der Waals surface area (Å²) in [5.74, 6) is -0.166. The van der Waals surface area contributed by atoms with Gasteiger partial charge in [-0.25, -0.2) is 9.37 Å². The van der Waals surface area contributed by atoms with Crippen LogP contribution in [0.3, 0.4) is 0 Å². The second-order valence-corrected chi connectivity index (χ2v) is 5.10. The second-order valence-electron chi connectivity index (χ2n) is 5.10. The Morgan fingerprint density at radius 1 is 1.59 bits per heavy atom. The lowest BCUT2D eigenvalue weighted by Gasteiger charge is -2.27. The van der Waals surface area contributed by atoms with Crippen molar-refractivity contribution in [3.05, 3.63) is 16.7 Å². The first-order valence-electron chi connectivity index (χ1n) is 6.46. The van der Waals surface area contributed by atoms with Crippen LogP contribution in [0.1, 0.15) is 6.23 Å². The summed E-state index contributed by atoms with van der Waals surface area (Å²) in [5, 5.41) is 19.3. The number of nitrogens with two attached hydrogens (primary N) is 2. The maximum Gasteiger partial charge on any atom is 0.280 e. The molecule has 4 atom stereocenters. The highest BCUT2D eigenvalue weighted by atomic mass is 19.1. The Morgan fingerprint density at radius 2 is 2.32 bits per heavy atom. The molecule has 0 amide bonds. The zero-order valence-electron chi connectivity index (χ0n) is 11.3. The van der Waals surface area contributed by atoms with Crippen molar-refractivity contribution < 1.29 is 19.3 Å². The van der Waals surface area contributed by atoms with Gasteiger partial charge >= 0.3 is 0 Å². The minimum absolute atomic E-state index is 0.00635. The number of nitrogens with one attached hydrogen (secondary N) is 1. The van der Waals surface area contributed by atoms with Crippen LogP contribution in [-0.2, 0) is 4.74 Å². The average molecular weight is 314 g/mol. The van der Waals surface area contributed by atoms with Crippen LogP contribution in [0.2, 0.25) is 0 Å². The van der Waals surface area contributed by atoms with Crippen LogP contribution in [-0.4, -0.2) is 60.8 Å². The third-order valence-electron chi connectivity index (χ3n) is 3.81. The number of aliphatic hydroxyl groups excluding tert-OH is 2. The lowest BCUT2D eigenvalue weighted by atomic mass is 9.97. The molecule has 1 fully saturated rings. The van der Waals surface area contributed by atoms with E-state index >= 15 is 0 Å². The molecule has 3 heterocycles. The molecule has 120 valence electrons. The average Bonchev–Trinajstić information content (AvgIpc) is 3.01. The molecule has 0 radical (unpaired) electrons. The number of fused-ring (bicyclic) bond motifs is 1. The van der Waals surface area contributed by atoms with Crippen molar-refractivity contribution in [3.63, 3.8) is 0 Å². The number of aromatic nitrogens is 4. The van der Waals surface area contributed by atoms with Crippen LogP contribution in [0.5, 0.6) is 0 Å². The van der Waals surface area contributed by atoms with Crippen molar-refractivity contribution in [2.75, 3.05) is 18.9 Å². The fourth-order valence-electron chi connectivity index (χ4n) is 2.53. The van der Waals surface area contributed by atoms with Crippen LogP contribution in [0.25, 0.3) is 11.2 Å². The third kappa shape index (κ3) is 1.90. The van der Waals surface area contributed by atoms with Gasteiger partial charge in [0.2, 0.25) is 5.95 Å². The molecule has 1 unspecified atom stereocenters. The standard InChI is InChI=1S/C11H15FN6O4/c12-4-6(20)11(1-13,2-19)22-9(4)18-3-15-5-7(18)16-10(14)17-8(5)21/h3-4,6,9,19-20H,1-2,13H2,(H3,14,16,17,21)/t4-,6+,9?,11-/m1/s1. The molecule has 2 aromatic heterocycles. The number of imidazole rings is 1. The molecular formula is C11H15FN6O4. The Hall–Kier alpha value is -2.08. The van der Waals surface area contributed by atoms with Crippen molar-refractivity contribution in [2.24, 2.45) is 5.73 Å². The van der Waals surface area contributed by atoms with E-state index in [1.54, 1.807) is 0 Å². The number of hydrogen-bond acceptors (Lipinski definition) is 8. The fourth-order valence-corrected chi connectivity index (χ4v) is 2.53. The lowest BCUT2D eigenvalue weighted by molar-refractivity contribution is -0.120. The maximum absolute atomic E-state index is 14.4. The Bertz CT molecular complexity index is 757. The first kappa shape index (κ1) is 14.8. The fraction of sp³-hybridized carbons (Fsp3) is 0.545. The summed E-state index contributed by atoms with van der Waals surface area (Å²) in [4.78, 5) is 21.7. The first-order chi connectivity index (χ1) is 10.4. The van der Waals surface area contributed by atoms with Crippen LogP contribution in [0, 0.1) is 0 Å². The molecule has 7 N–H and O–H groups in total. The molecule has 0 aromatic carbocycles. The summed E-state index contributed by atoms with van der Waals surface area (Å²) >= 11 is 0. The van der Waals surface area contributed by atoms with E-state index in [9.17, 15) is 19.4 Å². The van der Waals surface area contributed by atoms with Gasteiger partial charge in [0, 0.05) is 6.54 Å². The number of aromatic amines is 1. The maximum atomic E-state index is 14.4. The second kappa shape index (κ2) is 4.98. The van der Waals surface area contributed by atoms with Crippen LogP contribution < -0.4 is 17.0 Å². The van der Waals surface area contributed by atoms with E-state index in [2.05, 4.69) is 15.0 Å². The van der Waals surface area contributed by atoms with E-state index in [-0.39, 0.29) is 23.7 Å². The Morgan fingerprint density at radius 3 is 2.91 bits per heavy atom. The third-order valence-corrected chi connectivity index (χ3v) is 3.81.